The molecule has 1 saturated carbocycles. The summed E-state index contributed by atoms with van der Waals surface area (Å²) in [5.41, 5.74) is 0. The first kappa shape index (κ1) is 14.8. The van der Waals surface area contributed by atoms with E-state index in [0.717, 1.165) is 43.1 Å². The average Bonchev–Trinajstić information content (AvgIpc) is 3.26. The highest BCUT2D eigenvalue weighted by Crippen LogP contribution is 2.35. The van der Waals surface area contributed by atoms with Gasteiger partial charge in [-0.05, 0) is 49.9 Å². The van der Waals surface area contributed by atoms with Crippen LogP contribution in [0, 0.1) is 17.8 Å². The number of nitrogens with one attached hydrogen (secondary N) is 1. The molecule has 3 fully saturated rings. The van der Waals surface area contributed by atoms with Crippen molar-refractivity contribution in [2.24, 2.45) is 17.8 Å². The van der Waals surface area contributed by atoms with Crippen LogP contribution in [0.4, 0.5) is 0 Å². The normalized spacial score (nSPS) is 33.8. The first-order chi connectivity index (χ1) is 9.72. The van der Waals surface area contributed by atoms with E-state index in [1.54, 1.807) is 0 Å². The number of hydrogen-bond acceptors (Lipinski definition) is 3. The highest BCUT2D eigenvalue weighted by Gasteiger charge is 2.37. The van der Waals surface area contributed by atoms with Crippen LogP contribution in [0.5, 0.6) is 0 Å². The Morgan fingerprint density at radius 3 is 2.55 bits per heavy atom. The lowest BCUT2D eigenvalue weighted by atomic mass is 9.94. The number of ether oxygens (including phenoxy) is 1. The topological polar surface area (TPSA) is 24.5 Å². The molecule has 2 unspecified atom stereocenters. The van der Waals surface area contributed by atoms with Crippen molar-refractivity contribution in [3.05, 3.63) is 0 Å². The summed E-state index contributed by atoms with van der Waals surface area (Å²) in [4.78, 5) is 2.83. The zero-order valence-corrected chi connectivity index (χ0v) is 13.3. The van der Waals surface area contributed by atoms with Crippen molar-refractivity contribution < 1.29 is 4.74 Å². The molecule has 0 radical (unpaired) electrons. The second kappa shape index (κ2) is 6.76. The second-order valence-electron chi connectivity index (χ2n) is 7.65. The van der Waals surface area contributed by atoms with Gasteiger partial charge in [-0.3, -0.25) is 4.90 Å². The lowest BCUT2D eigenvalue weighted by molar-refractivity contribution is 0.0306. The van der Waals surface area contributed by atoms with Crippen molar-refractivity contribution in [2.45, 2.75) is 58.0 Å². The summed E-state index contributed by atoms with van der Waals surface area (Å²) in [7, 11) is 0. The maximum absolute atomic E-state index is 5.52. The Labute approximate surface area is 124 Å². The fraction of sp³-hybridized carbons (Fsp3) is 1.00. The van der Waals surface area contributed by atoms with E-state index < -0.39 is 0 Å². The van der Waals surface area contributed by atoms with E-state index in [1.165, 1.54) is 51.7 Å². The predicted molar refractivity (Wildman–Crippen MR) is 82.9 cm³/mol. The smallest absolute Gasteiger partial charge is 0.0469 e. The maximum Gasteiger partial charge on any atom is 0.0469 e. The third kappa shape index (κ3) is 3.96. The first-order valence-corrected chi connectivity index (χ1v) is 8.77. The molecule has 0 amide bonds. The largest absolute Gasteiger partial charge is 0.381 e. The quantitative estimate of drug-likeness (QED) is 0.837. The third-order valence-corrected chi connectivity index (χ3v) is 5.33. The molecule has 20 heavy (non-hydrogen) atoms. The lowest BCUT2D eigenvalue weighted by Crippen LogP contribution is -2.58. The number of nitrogens with zero attached hydrogens (tertiary/aromatic N) is 1. The molecule has 3 heteroatoms. The fourth-order valence-electron chi connectivity index (χ4n) is 3.96. The van der Waals surface area contributed by atoms with Crippen molar-refractivity contribution in [3.63, 3.8) is 0 Å². The molecule has 0 aromatic heterocycles. The maximum atomic E-state index is 5.52. The van der Waals surface area contributed by atoms with Crippen LogP contribution in [-0.4, -0.2) is 49.8 Å². The monoisotopic (exact) mass is 280 g/mol. The zero-order chi connectivity index (χ0) is 13.9. The molecular weight excluding hydrogens is 248 g/mol. The molecule has 116 valence electrons. The van der Waals surface area contributed by atoms with E-state index in [4.69, 9.17) is 4.74 Å². The summed E-state index contributed by atoms with van der Waals surface area (Å²) >= 11 is 0. The van der Waals surface area contributed by atoms with Gasteiger partial charge in [0.1, 0.15) is 0 Å². The van der Waals surface area contributed by atoms with E-state index in [1.807, 2.05) is 0 Å². The molecule has 0 aromatic rings. The Kier molecular flexibility index (Phi) is 5.00. The van der Waals surface area contributed by atoms with Gasteiger partial charge in [-0.25, -0.2) is 0 Å². The van der Waals surface area contributed by atoms with Crippen LogP contribution in [0.3, 0.4) is 0 Å². The Bertz CT molecular complexity index is 297. The molecule has 3 aliphatic rings. The van der Waals surface area contributed by atoms with Gasteiger partial charge in [0.25, 0.3) is 0 Å². The van der Waals surface area contributed by atoms with Crippen molar-refractivity contribution >= 4 is 0 Å². The van der Waals surface area contributed by atoms with Crippen LogP contribution in [-0.2, 0) is 4.74 Å². The van der Waals surface area contributed by atoms with Crippen LogP contribution in [0.1, 0.15) is 46.0 Å². The van der Waals surface area contributed by atoms with Crippen LogP contribution in [0.25, 0.3) is 0 Å². The molecule has 1 N–H and O–H groups in total. The standard InChI is InChI=1S/C17H32N2O/c1-13(2)9-16-10-18-17(15-3-4-15)12-19(16)11-14-5-7-20-8-6-14/h13-18H,3-12H2,1-2H3. The number of rotatable bonds is 5. The van der Waals surface area contributed by atoms with Gasteiger partial charge in [-0.2, -0.15) is 0 Å². The number of hydrogen-bond donors (Lipinski definition) is 1. The number of piperazine rings is 1. The minimum absolute atomic E-state index is 0.757. The first-order valence-electron chi connectivity index (χ1n) is 8.77. The van der Waals surface area contributed by atoms with E-state index in [2.05, 4.69) is 24.1 Å². The summed E-state index contributed by atoms with van der Waals surface area (Å²) in [5.74, 6) is 2.65. The third-order valence-electron chi connectivity index (χ3n) is 5.33. The van der Waals surface area contributed by atoms with Crippen LogP contribution in [0.15, 0.2) is 0 Å². The summed E-state index contributed by atoms with van der Waals surface area (Å²) in [6.07, 6.45) is 6.79. The van der Waals surface area contributed by atoms with Crippen LogP contribution >= 0.6 is 0 Å². The van der Waals surface area contributed by atoms with Gasteiger partial charge in [0.2, 0.25) is 0 Å². The van der Waals surface area contributed by atoms with Crippen LogP contribution in [0.2, 0.25) is 0 Å². The van der Waals surface area contributed by atoms with Gasteiger partial charge in [-0.15, -0.1) is 0 Å². The minimum atomic E-state index is 0.757. The molecule has 2 saturated heterocycles. The fourth-order valence-corrected chi connectivity index (χ4v) is 3.96. The van der Waals surface area contributed by atoms with E-state index in [9.17, 15) is 0 Å². The van der Waals surface area contributed by atoms with Gasteiger partial charge < -0.3 is 10.1 Å². The molecule has 3 nitrogen and oxygen atoms in total. The van der Waals surface area contributed by atoms with Crippen LogP contribution < -0.4 is 5.32 Å². The molecular formula is C17H32N2O. The highest BCUT2D eigenvalue weighted by atomic mass is 16.5. The summed E-state index contributed by atoms with van der Waals surface area (Å²) < 4.78 is 5.52. The molecule has 3 rings (SSSR count). The SMILES string of the molecule is CC(C)CC1CNC(C2CC2)CN1CC1CCOCC1. The Morgan fingerprint density at radius 2 is 1.90 bits per heavy atom. The van der Waals surface area contributed by atoms with E-state index in [-0.39, 0.29) is 0 Å². The Morgan fingerprint density at radius 1 is 1.15 bits per heavy atom. The van der Waals surface area contributed by atoms with Gasteiger partial charge in [0.15, 0.2) is 0 Å². The molecule has 0 bridgehead atoms. The van der Waals surface area contributed by atoms with E-state index >= 15 is 0 Å². The van der Waals surface area contributed by atoms with E-state index in [0.29, 0.717) is 0 Å². The minimum Gasteiger partial charge on any atom is -0.381 e. The van der Waals surface area contributed by atoms with Crippen molar-refractivity contribution in [1.82, 2.24) is 10.2 Å². The summed E-state index contributed by atoms with van der Waals surface area (Å²) in [5, 5.41) is 3.84. The second-order valence-corrected chi connectivity index (χ2v) is 7.65. The Hall–Kier alpha value is -0.120. The van der Waals surface area contributed by atoms with Gasteiger partial charge in [-0.1, -0.05) is 13.8 Å². The van der Waals surface area contributed by atoms with Gasteiger partial charge in [0.05, 0.1) is 0 Å². The predicted octanol–water partition coefficient (Wildman–Crippen LogP) is 2.51. The zero-order valence-electron chi connectivity index (χ0n) is 13.3. The molecule has 2 heterocycles. The highest BCUT2D eigenvalue weighted by molar-refractivity contribution is 4.95. The lowest BCUT2D eigenvalue weighted by Gasteiger charge is -2.43. The Balaban J connectivity index is 1.57. The molecule has 0 aromatic carbocycles. The van der Waals surface area contributed by atoms with Crippen molar-refractivity contribution in [3.8, 4) is 0 Å². The van der Waals surface area contributed by atoms with Gasteiger partial charge >= 0.3 is 0 Å². The molecule has 0 spiro atoms. The van der Waals surface area contributed by atoms with Gasteiger partial charge in [0, 0.05) is 44.9 Å². The molecule has 1 aliphatic carbocycles. The molecule has 2 atom stereocenters. The summed E-state index contributed by atoms with van der Waals surface area (Å²) in [6.45, 7) is 10.5. The van der Waals surface area contributed by atoms with Crippen molar-refractivity contribution in [1.29, 1.82) is 0 Å². The average molecular weight is 280 g/mol. The molecule has 2 aliphatic heterocycles. The van der Waals surface area contributed by atoms with Crippen molar-refractivity contribution in [2.75, 3.05) is 32.8 Å². The summed E-state index contributed by atoms with van der Waals surface area (Å²) in [6, 6.07) is 1.53.